The first-order valence-electron chi connectivity index (χ1n) is 6.96. The summed E-state index contributed by atoms with van der Waals surface area (Å²) in [6, 6.07) is 4.00. The number of H-pyrrole nitrogens is 1. The molecule has 3 rings (SSSR count). The van der Waals surface area contributed by atoms with Gasteiger partial charge in [-0.25, -0.2) is 0 Å². The van der Waals surface area contributed by atoms with E-state index in [9.17, 15) is 0 Å². The van der Waals surface area contributed by atoms with Crippen molar-refractivity contribution in [3.8, 4) is 11.4 Å². The number of aryl methyl sites for hydroxylation is 1. The van der Waals surface area contributed by atoms with E-state index < -0.39 is 0 Å². The number of aromatic nitrogens is 4. The molecule has 0 spiro atoms. The summed E-state index contributed by atoms with van der Waals surface area (Å²) in [6.45, 7) is 6.56. The van der Waals surface area contributed by atoms with Gasteiger partial charge < -0.3 is 4.90 Å². The summed E-state index contributed by atoms with van der Waals surface area (Å²) in [7, 11) is 0. The Balaban J connectivity index is 2.12. The second-order valence-corrected chi connectivity index (χ2v) is 6.08. The Hall–Kier alpha value is -1.62. The van der Waals surface area contributed by atoms with E-state index in [4.69, 9.17) is 11.6 Å². The van der Waals surface area contributed by atoms with Gasteiger partial charge in [0.25, 0.3) is 0 Å². The summed E-state index contributed by atoms with van der Waals surface area (Å²) in [5.41, 5.74) is 3.47. The van der Waals surface area contributed by atoms with Gasteiger partial charge >= 0.3 is 0 Å². The number of hydrogen-bond acceptors (Lipinski definition) is 4. The summed E-state index contributed by atoms with van der Waals surface area (Å²) in [5.74, 6) is 1.22. The molecule has 106 valence electrons. The molecule has 1 aromatic heterocycles. The van der Waals surface area contributed by atoms with Gasteiger partial charge in [-0.05, 0) is 41.7 Å². The second-order valence-electron chi connectivity index (χ2n) is 5.64. The van der Waals surface area contributed by atoms with Gasteiger partial charge in [-0.15, -0.1) is 10.2 Å². The van der Waals surface area contributed by atoms with Crippen LogP contribution < -0.4 is 4.90 Å². The van der Waals surface area contributed by atoms with E-state index in [2.05, 4.69) is 45.4 Å². The van der Waals surface area contributed by atoms with Crippen LogP contribution in [0.1, 0.15) is 25.8 Å². The van der Waals surface area contributed by atoms with E-state index in [1.165, 1.54) is 11.3 Å². The average molecular weight is 292 g/mol. The number of tetrazole rings is 1. The van der Waals surface area contributed by atoms with E-state index in [1.807, 2.05) is 6.07 Å². The average Bonchev–Trinajstić information content (AvgIpc) is 2.90. The number of anilines is 1. The van der Waals surface area contributed by atoms with Gasteiger partial charge in [0.2, 0.25) is 5.82 Å². The molecule has 0 aliphatic carbocycles. The lowest BCUT2D eigenvalue weighted by Crippen LogP contribution is -2.33. The summed E-state index contributed by atoms with van der Waals surface area (Å²) in [5, 5.41) is 15.1. The first-order valence-corrected chi connectivity index (χ1v) is 7.34. The predicted octanol–water partition coefficient (Wildman–Crippen LogP) is 2.93. The van der Waals surface area contributed by atoms with Gasteiger partial charge in [0.1, 0.15) is 0 Å². The third-order valence-electron chi connectivity index (χ3n) is 3.52. The molecule has 0 fully saturated rings. The molecule has 0 amide bonds. The molecular formula is C14H18ClN5. The quantitative estimate of drug-likeness (QED) is 0.944. The number of halogens is 1. The molecule has 1 aromatic carbocycles. The van der Waals surface area contributed by atoms with Crippen molar-refractivity contribution in [1.29, 1.82) is 0 Å². The third-order valence-corrected chi connectivity index (χ3v) is 3.73. The predicted molar refractivity (Wildman–Crippen MR) is 80.0 cm³/mol. The Bertz CT molecular complexity index is 594. The fraction of sp³-hybridized carbons (Fsp3) is 0.500. The minimum Gasteiger partial charge on any atom is -0.370 e. The van der Waals surface area contributed by atoms with Gasteiger partial charge in [0, 0.05) is 23.7 Å². The van der Waals surface area contributed by atoms with E-state index in [0.717, 1.165) is 36.5 Å². The Morgan fingerprint density at radius 2 is 2.25 bits per heavy atom. The van der Waals surface area contributed by atoms with Crippen LogP contribution in [0.4, 0.5) is 5.69 Å². The molecule has 1 aliphatic rings. The molecule has 2 aromatic rings. The molecule has 6 heteroatoms. The Labute approximate surface area is 123 Å². The summed E-state index contributed by atoms with van der Waals surface area (Å²) < 4.78 is 0. The molecule has 5 nitrogen and oxygen atoms in total. The summed E-state index contributed by atoms with van der Waals surface area (Å²) in [4.78, 5) is 2.42. The first-order chi connectivity index (χ1) is 9.65. The molecule has 0 radical (unpaired) electrons. The van der Waals surface area contributed by atoms with Crippen molar-refractivity contribution in [1.82, 2.24) is 20.6 Å². The highest BCUT2D eigenvalue weighted by Gasteiger charge is 2.24. The fourth-order valence-corrected chi connectivity index (χ4v) is 3.10. The molecule has 0 atom stereocenters. The standard InChI is InChI=1S/C14H18ClN5/c1-9(2)8-20-5-3-4-10-6-11(15)7-12(13(10)20)14-16-18-19-17-14/h6-7,9H,3-5,8H2,1-2H3,(H,16,17,18,19). The van der Waals surface area contributed by atoms with Gasteiger partial charge in [-0.1, -0.05) is 25.4 Å². The molecule has 0 saturated carbocycles. The van der Waals surface area contributed by atoms with E-state index >= 15 is 0 Å². The molecule has 0 saturated heterocycles. The number of nitrogens with one attached hydrogen (secondary N) is 1. The smallest absolute Gasteiger partial charge is 0.206 e. The maximum absolute atomic E-state index is 6.25. The van der Waals surface area contributed by atoms with Gasteiger partial charge in [-0.3, -0.25) is 0 Å². The molecule has 20 heavy (non-hydrogen) atoms. The molecule has 1 N–H and O–H groups in total. The normalized spacial score (nSPS) is 14.7. The van der Waals surface area contributed by atoms with Crippen molar-refractivity contribution in [2.24, 2.45) is 5.92 Å². The maximum atomic E-state index is 6.25. The SMILES string of the molecule is CC(C)CN1CCCc2cc(Cl)cc(-c3nn[nH]n3)c21. The minimum atomic E-state index is 0.606. The largest absolute Gasteiger partial charge is 0.370 e. The highest BCUT2D eigenvalue weighted by Crippen LogP contribution is 2.38. The van der Waals surface area contributed by atoms with Crippen molar-refractivity contribution in [2.45, 2.75) is 26.7 Å². The zero-order valence-corrected chi connectivity index (χ0v) is 12.5. The fourth-order valence-electron chi connectivity index (χ4n) is 2.86. The highest BCUT2D eigenvalue weighted by atomic mass is 35.5. The summed E-state index contributed by atoms with van der Waals surface area (Å²) in [6.07, 6.45) is 2.21. The Morgan fingerprint density at radius 1 is 1.40 bits per heavy atom. The van der Waals surface area contributed by atoms with Crippen LogP contribution in [0.25, 0.3) is 11.4 Å². The van der Waals surface area contributed by atoms with Crippen LogP contribution in [0, 0.1) is 5.92 Å². The van der Waals surface area contributed by atoms with Crippen LogP contribution >= 0.6 is 11.6 Å². The zero-order chi connectivity index (χ0) is 14.1. The van der Waals surface area contributed by atoms with Crippen LogP contribution in [0.3, 0.4) is 0 Å². The van der Waals surface area contributed by atoms with Gasteiger partial charge in [0.15, 0.2) is 0 Å². The molecule has 0 unspecified atom stereocenters. The Morgan fingerprint density at radius 3 is 2.95 bits per heavy atom. The van der Waals surface area contributed by atoms with Crippen LogP contribution in [0.15, 0.2) is 12.1 Å². The number of fused-ring (bicyclic) bond motifs is 1. The number of benzene rings is 1. The molecule has 0 bridgehead atoms. The van der Waals surface area contributed by atoms with Crippen LogP contribution in [0.2, 0.25) is 5.02 Å². The minimum absolute atomic E-state index is 0.606. The molecular weight excluding hydrogens is 274 g/mol. The topological polar surface area (TPSA) is 57.7 Å². The van der Waals surface area contributed by atoms with Crippen LogP contribution in [-0.2, 0) is 6.42 Å². The number of aromatic amines is 1. The number of nitrogens with zero attached hydrogens (tertiary/aromatic N) is 4. The van der Waals surface area contributed by atoms with Crippen LogP contribution in [0.5, 0.6) is 0 Å². The van der Waals surface area contributed by atoms with Crippen molar-refractivity contribution < 1.29 is 0 Å². The third kappa shape index (κ3) is 2.50. The Kier molecular flexibility index (Phi) is 3.61. The highest BCUT2D eigenvalue weighted by molar-refractivity contribution is 6.31. The maximum Gasteiger partial charge on any atom is 0.206 e. The lowest BCUT2D eigenvalue weighted by Gasteiger charge is -2.34. The monoisotopic (exact) mass is 291 g/mol. The van der Waals surface area contributed by atoms with E-state index in [-0.39, 0.29) is 0 Å². The van der Waals surface area contributed by atoms with E-state index in [0.29, 0.717) is 11.7 Å². The second kappa shape index (κ2) is 5.40. The van der Waals surface area contributed by atoms with Crippen molar-refractivity contribution >= 4 is 17.3 Å². The summed E-state index contributed by atoms with van der Waals surface area (Å²) >= 11 is 6.25. The molecule has 2 heterocycles. The van der Waals surface area contributed by atoms with Crippen LogP contribution in [-0.4, -0.2) is 33.7 Å². The van der Waals surface area contributed by atoms with Gasteiger partial charge in [-0.2, -0.15) is 5.21 Å². The van der Waals surface area contributed by atoms with Crippen molar-refractivity contribution in [3.05, 3.63) is 22.7 Å². The van der Waals surface area contributed by atoms with Gasteiger partial charge in [0.05, 0.1) is 5.69 Å². The lowest BCUT2D eigenvalue weighted by atomic mass is 9.96. The zero-order valence-electron chi connectivity index (χ0n) is 11.7. The van der Waals surface area contributed by atoms with Crippen molar-refractivity contribution in [3.63, 3.8) is 0 Å². The number of hydrogen-bond donors (Lipinski definition) is 1. The van der Waals surface area contributed by atoms with E-state index in [1.54, 1.807) is 0 Å². The number of rotatable bonds is 3. The lowest BCUT2D eigenvalue weighted by molar-refractivity contribution is 0.585. The van der Waals surface area contributed by atoms with Crippen molar-refractivity contribution in [2.75, 3.05) is 18.0 Å². The molecule has 1 aliphatic heterocycles. The first kappa shape index (κ1) is 13.4.